The third-order valence-electron chi connectivity index (χ3n) is 6.43. The first-order valence-electron chi connectivity index (χ1n) is 10.6. The third kappa shape index (κ3) is 3.72. The van der Waals surface area contributed by atoms with E-state index >= 15 is 0 Å². The predicted octanol–water partition coefficient (Wildman–Crippen LogP) is 4.16. The highest BCUT2D eigenvalue weighted by Gasteiger charge is 2.43. The average Bonchev–Trinajstić information content (AvgIpc) is 3.48. The van der Waals surface area contributed by atoms with E-state index in [0.717, 1.165) is 57.2 Å². The molecular formula is C24H27N3O2. The van der Waals surface area contributed by atoms with Gasteiger partial charge in [-0.25, -0.2) is 0 Å². The van der Waals surface area contributed by atoms with Gasteiger partial charge in [0.05, 0.1) is 12.0 Å². The highest BCUT2D eigenvalue weighted by Crippen LogP contribution is 2.41. The molecule has 2 aromatic carbocycles. The summed E-state index contributed by atoms with van der Waals surface area (Å²) in [6, 6.07) is 21.4. The summed E-state index contributed by atoms with van der Waals surface area (Å²) >= 11 is 0. The average molecular weight is 389 g/mol. The number of aromatic nitrogens is 2. The molecule has 0 radical (unpaired) electrons. The zero-order valence-corrected chi connectivity index (χ0v) is 16.7. The van der Waals surface area contributed by atoms with Crippen LogP contribution in [0.2, 0.25) is 0 Å². The first-order chi connectivity index (χ1) is 14.3. The molecule has 0 saturated carbocycles. The Bertz CT molecular complexity index is 912. The van der Waals surface area contributed by atoms with Gasteiger partial charge < -0.3 is 9.26 Å². The second kappa shape index (κ2) is 8.09. The lowest BCUT2D eigenvalue weighted by Crippen LogP contribution is -2.43. The first kappa shape index (κ1) is 18.5. The second-order valence-electron chi connectivity index (χ2n) is 8.23. The van der Waals surface area contributed by atoms with Crippen LogP contribution in [-0.4, -0.2) is 41.3 Å². The number of ether oxygens (including phenoxy) is 1. The van der Waals surface area contributed by atoms with Gasteiger partial charge in [0, 0.05) is 19.1 Å². The van der Waals surface area contributed by atoms with Crippen LogP contribution in [-0.2, 0) is 16.7 Å². The van der Waals surface area contributed by atoms with E-state index in [-0.39, 0.29) is 11.3 Å². The van der Waals surface area contributed by atoms with Crippen molar-refractivity contribution in [3.05, 3.63) is 83.5 Å². The van der Waals surface area contributed by atoms with Crippen molar-refractivity contribution in [3.8, 4) is 0 Å². The van der Waals surface area contributed by atoms with Gasteiger partial charge >= 0.3 is 0 Å². The molecule has 1 aromatic heterocycles. The molecule has 3 heterocycles. The van der Waals surface area contributed by atoms with Gasteiger partial charge in [0.2, 0.25) is 5.89 Å². The van der Waals surface area contributed by atoms with Crippen LogP contribution in [0, 0.1) is 0 Å². The molecule has 0 spiro atoms. The minimum Gasteiger partial charge on any atom is -0.381 e. The summed E-state index contributed by atoms with van der Waals surface area (Å²) in [6.45, 7) is 4.48. The maximum Gasteiger partial charge on any atom is 0.237 e. The maximum absolute atomic E-state index is 5.89. The summed E-state index contributed by atoms with van der Waals surface area (Å²) in [6.07, 6.45) is 2.93. The SMILES string of the molecule is c1ccc(CN2CCC(c3ccccc3)(c3nc([C@H]4CCOC4)no3)CC2)cc1. The minimum atomic E-state index is -0.209. The summed E-state index contributed by atoms with van der Waals surface area (Å²) in [4.78, 5) is 7.42. The molecule has 150 valence electrons. The Balaban J connectivity index is 1.40. The van der Waals surface area contributed by atoms with Crippen molar-refractivity contribution in [2.75, 3.05) is 26.3 Å². The van der Waals surface area contributed by atoms with Crippen LogP contribution in [0.1, 0.15) is 48.0 Å². The van der Waals surface area contributed by atoms with E-state index in [2.05, 4.69) is 70.7 Å². The standard InChI is InChI=1S/C24H27N3O2/c1-3-7-19(8-4-1)17-27-14-12-24(13-15-27,21-9-5-2-6-10-21)23-25-22(26-29-23)20-11-16-28-18-20/h1-10,20H,11-18H2/t20-/m0/s1. The molecule has 2 aliphatic heterocycles. The first-order valence-corrected chi connectivity index (χ1v) is 10.6. The zero-order chi connectivity index (χ0) is 19.5. The van der Waals surface area contributed by atoms with Crippen molar-refractivity contribution in [2.24, 2.45) is 0 Å². The number of hydrogen-bond donors (Lipinski definition) is 0. The summed E-state index contributed by atoms with van der Waals surface area (Å²) in [7, 11) is 0. The monoisotopic (exact) mass is 389 g/mol. The van der Waals surface area contributed by atoms with Crippen molar-refractivity contribution in [1.29, 1.82) is 0 Å². The Kier molecular flexibility index (Phi) is 5.17. The molecule has 3 aromatic rings. The fourth-order valence-electron chi connectivity index (χ4n) is 4.65. The Labute approximate surface area is 171 Å². The smallest absolute Gasteiger partial charge is 0.237 e. The van der Waals surface area contributed by atoms with E-state index in [1.165, 1.54) is 11.1 Å². The van der Waals surface area contributed by atoms with Gasteiger partial charge in [0.25, 0.3) is 0 Å². The molecule has 29 heavy (non-hydrogen) atoms. The van der Waals surface area contributed by atoms with Gasteiger partial charge in [0.1, 0.15) is 0 Å². The number of benzene rings is 2. The summed E-state index contributed by atoms with van der Waals surface area (Å²) in [5, 5.41) is 4.35. The van der Waals surface area contributed by atoms with Crippen molar-refractivity contribution in [2.45, 2.75) is 37.1 Å². The van der Waals surface area contributed by atoms with Crippen LogP contribution in [0.3, 0.4) is 0 Å². The van der Waals surface area contributed by atoms with Crippen molar-refractivity contribution in [1.82, 2.24) is 15.0 Å². The van der Waals surface area contributed by atoms with Gasteiger partial charge in [-0.15, -0.1) is 0 Å². The molecule has 5 heteroatoms. The molecule has 1 atom stereocenters. The molecule has 0 unspecified atom stereocenters. The van der Waals surface area contributed by atoms with E-state index in [1.54, 1.807) is 0 Å². The number of piperidine rings is 1. The Morgan fingerprint density at radius 3 is 2.38 bits per heavy atom. The highest BCUT2D eigenvalue weighted by molar-refractivity contribution is 5.33. The number of hydrogen-bond acceptors (Lipinski definition) is 5. The van der Waals surface area contributed by atoms with Gasteiger partial charge in [-0.05, 0) is 43.5 Å². The zero-order valence-electron chi connectivity index (χ0n) is 16.7. The number of likely N-dealkylation sites (tertiary alicyclic amines) is 1. The summed E-state index contributed by atoms with van der Waals surface area (Å²) in [5.74, 6) is 1.84. The van der Waals surface area contributed by atoms with Crippen LogP contribution in [0.4, 0.5) is 0 Å². The maximum atomic E-state index is 5.89. The van der Waals surface area contributed by atoms with Crippen LogP contribution in [0.5, 0.6) is 0 Å². The van der Waals surface area contributed by atoms with E-state index in [9.17, 15) is 0 Å². The fraction of sp³-hybridized carbons (Fsp3) is 0.417. The molecule has 2 fully saturated rings. The molecule has 0 aliphatic carbocycles. The number of rotatable bonds is 5. The number of nitrogens with zero attached hydrogens (tertiary/aromatic N) is 3. The molecule has 2 saturated heterocycles. The van der Waals surface area contributed by atoms with Crippen molar-refractivity contribution >= 4 is 0 Å². The van der Waals surface area contributed by atoms with Gasteiger partial charge in [-0.2, -0.15) is 4.98 Å². The molecule has 2 aliphatic rings. The lowest BCUT2D eigenvalue weighted by molar-refractivity contribution is 0.149. The molecular weight excluding hydrogens is 362 g/mol. The van der Waals surface area contributed by atoms with E-state index in [0.29, 0.717) is 6.61 Å². The lowest BCUT2D eigenvalue weighted by atomic mass is 9.72. The van der Waals surface area contributed by atoms with Crippen molar-refractivity contribution in [3.63, 3.8) is 0 Å². The quantitative estimate of drug-likeness (QED) is 0.656. The Morgan fingerprint density at radius 1 is 0.966 bits per heavy atom. The minimum absolute atomic E-state index is 0.209. The highest BCUT2D eigenvalue weighted by atomic mass is 16.5. The van der Waals surface area contributed by atoms with Gasteiger partial charge in [-0.3, -0.25) is 4.90 Å². The molecule has 5 rings (SSSR count). The summed E-state index contributed by atoms with van der Waals surface area (Å²) in [5.41, 5.74) is 2.43. The molecule has 0 amide bonds. The van der Waals surface area contributed by atoms with Crippen LogP contribution in [0.15, 0.2) is 65.2 Å². The Morgan fingerprint density at radius 2 is 1.69 bits per heavy atom. The van der Waals surface area contributed by atoms with E-state index < -0.39 is 0 Å². The van der Waals surface area contributed by atoms with Gasteiger partial charge in [-0.1, -0.05) is 65.8 Å². The van der Waals surface area contributed by atoms with Crippen molar-refractivity contribution < 1.29 is 9.26 Å². The molecule has 0 bridgehead atoms. The topological polar surface area (TPSA) is 51.4 Å². The molecule has 5 nitrogen and oxygen atoms in total. The Hall–Kier alpha value is -2.50. The lowest BCUT2D eigenvalue weighted by Gasteiger charge is -2.39. The largest absolute Gasteiger partial charge is 0.381 e. The van der Waals surface area contributed by atoms with Crippen LogP contribution < -0.4 is 0 Å². The predicted molar refractivity (Wildman–Crippen MR) is 111 cm³/mol. The third-order valence-corrected chi connectivity index (χ3v) is 6.43. The van der Waals surface area contributed by atoms with E-state index in [1.807, 2.05) is 0 Å². The van der Waals surface area contributed by atoms with E-state index in [4.69, 9.17) is 14.2 Å². The second-order valence-corrected chi connectivity index (χ2v) is 8.23. The normalized spacial score (nSPS) is 22.0. The molecule has 0 N–H and O–H groups in total. The summed E-state index contributed by atoms with van der Waals surface area (Å²) < 4.78 is 11.4. The van der Waals surface area contributed by atoms with Gasteiger partial charge in [0.15, 0.2) is 5.82 Å². The van der Waals surface area contributed by atoms with Crippen LogP contribution in [0.25, 0.3) is 0 Å². The fourth-order valence-corrected chi connectivity index (χ4v) is 4.65. The van der Waals surface area contributed by atoms with Crippen LogP contribution >= 0.6 is 0 Å².